The lowest BCUT2D eigenvalue weighted by Crippen LogP contribution is -3.00. The van der Waals surface area contributed by atoms with Crippen LogP contribution >= 0.6 is 11.6 Å². The van der Waals surface area contributed by atoms with Crippen molar-refractivity contribution >= 4 is 22.6 Å². The van der Waals surface area contributed by atoms with E-state index >= 15 is 0 Å². The van der Waals surface area contributed by atoms with Gasteiger partial charge in [-0.3, -0.25) is 0 Å². The van der Waals surface area contributed by atoms with Gasteiger partial charge in [0.2, 0.25) is 0 Å². The highest BCUT2D eigenvalue weighted by atomic mass is 127. The van der Waals surface area contributed by atoms with Gasteiger partial charge in [-0.25, -0.2) is 9.13 Å². The normalized spacial score (nSPS) is 10.5. The van der Waals surface area contributed by atoms with E-state index in [2.05, 4.69) is 36.0 Å². The molecule has 0 saturated carbocycles. The molecule has 88 valence electrons. The fourth-order valence-corrected chi connectivity index (χ4v) is 2.40. The van der Waals surface area contributed by atoms with Gasteiger partial charge in [-0.1, -0.05) is 11.6 Å². The number of imidazole rings is 1. The summed E-state index contributed by atoms with van der Waals surface area (Å²) in [6.07, 6.45) is 0. The van der Waals surface area contributed by atoms with Crippen LogP contribution in [0.2, 0.25) is 5.02 Å². The van der Waals surface area contributed by atoms with Crippen molar-refractivity contribution in [1.82, 2.24) is 4.57 Å². The molecule has 0 aliphatic rings. The minimum Gasteiger partial charge on any atom is -1.00 e. The average molecular weight is 351 g/mol. The number of hydrogen-bond acceptors (Lipinski definition) is 0. The molecule has 4 heteroatoms. The molecule has 1 heterocycles. The molecule has 16 heavy (non-hydrogen) atoms. The molecule has 0 amide bonds. The van der Waals surface area contributed by atoms with Crippen LogP contribution in [0.25, 0.3) is 11.0 Å². The predicted molar refractivity (Wildman–Crippen MR) is 63.2 cm³/mol. The third-order valence-corrected chi connectivity index (χ3v) is 3.17. The van der Waals surface area contributed by atoms with E-state index in [0.717, 1.165) is 18.1 Å². The minimum atomic E-state index is 0. The summed E-state index contributed by atoms with van der Waals surface area (Å²) in [4.78, 5) is 0. The smallest absolute Gasteiger partial charge is 0.254 e. The predicted octanol–water partition coefficient (Wildman–Crippen LogP) is -0.0656. The molecule has 0 fully saturated rings. The van der Waals surface area contributed by atoms with Crippen LogP contribution in [-0.2, 0) is 13.1 Å². The van der Waals surface area contributed by atoms with Crippen LogP contribution in [0, 0.1) is 6.92 Å². The Hall–Kier alpha value is -0.290. The molecule has 0 atom stereocenters. The van der Waals surface area contributed by atoms with Crippen LogP contribution in [0.1, 0.15) is 19.7 Å². The van der Waals surface area contributed by atoms with Crippen molar-refractivity contribution in [2.75, 3.05) is 0 Å². The van der Waals surface area contributed by atoms with Crippen LogP contribution in [0.15, 0.2) is 18.2 Å². The Morgan fingerprint density at radius 1 is 1.31 bits per heavy atom. The highest BCUT2D eigenvalue weighted by Gasteiger charge is 2.18. The van der Waals surface area contributed by atoms with Gasteiger partial charge in [0.15, 0.2) is 11.0 Å². The maximum atomic E-state index is 6.03. The molecule has 2 nitrogen and oxygen atoms in total. The summed E-state index contributed by atoms with van der Waals surface area (Å²) < 4.78 is 4.61. The molecule has 0 spiro atoms. The van der Waals surface area contributed by atoms with Crippen molar-refractivity contribution < 1.29 is 28.5 Å². The van der Waals surface area contributed by atoms with Gasteiger partial charge in [0, 0.05) is 18.0 Å². The van der Waals surface area contributed by atoms with Crippen LogP contribution in [0.3, 0.4) is 0 Å². The summed E-state index contributed by atoms with van der Waals surface area (Å²) in [5, 5.41) is 0.804. The van der Waals surface area contributed by atoms with Gasteiger partial charge in [0.1, 0.15) is 0 Å². The summed E-state index contributed by atoms with van der Waals surface area (Å²) in [6.45, 7) is 8.46. The van der Waals surface area contributed by atoms with Crippen molar-refractivity contribution in [3.05, 3.63) is 29.0 Å². The lowest BCUT2D eigenvalue weighted by molar-refractivity contribution is -0.674. The molecule has 0 saturated heterocycles. The summed E-state index contributed by atoms with van der Waals surface area (Å²) in [5.41, 5.74) is 2.49. The van der Waals surface area contributed by atoms with E-state index in [4.69, 9.17) is 11.6 Å². The van der Waals surface area contributed by atoms with Crippen LogP contribution in [0.5, 0.6) is 0 Å². The number of nitrogens with zero attached hydrogens (tertiary/aromatic N) is 2. The Bertz CT molecular complexity index is 505. The second-order valence-corrected chi connectivity index (χ2v) is 4.11. The molecule has 0 unspecified atom stereocenters. The number of hydrogen-bond donors (Lipinski definition) is 0. The first-order valence-corrected chi connectivity index (χ1v) is 5.75. The monoisotopic (exact) mass is 350 g/mol. The Kier molecular flexibility index (Phi) is 4.62. The first kappa shape index (κ1) is 13.8. The third kappa shape index (κ3) is 2.07. The zero-order valence-electron chi connectivity index (χ0n) is 9.80. The van der Waals surface area contributed by atoms with E-state index in [1.165, 1.54) is 16.9 Å². The van der Waals surface area contributed by atoms with E-state index < -0.39 is 0 Å². The maximum Gasteiger partial charge on any atom is 0.254 e. The topological polar surface area (TPSA) is 8.81 Å². The Balaban J connectivity index is 0.00000128. The molecule has 0 radical (unpaired) electrons. The van der Waals surface area contributed by atoms with Crippen molar-refractivity contribution in [1.29, 1.82) is 0 Å². The second-order valence-electron chi connectivity index (χ2n) is 3.67. The van der Waals surface area contributed by atoms with Crippen molar-refractivity contribution in [3.63, 3.8) is 0 Å². The third-order valence-electron chi connectivity index (χ3n) is 2.93. The van der Waals surface area contributed by atoms with Gasteiger partial charge >= 0.3 is 0 Å². The van der Waals surface area contributed by atoms with Gasteiger partial charge < -0.3 is 24.0 Å². The van der Waals surface area contributed by atoms with Crippen molar-refractivity contribution in [2.24, 2.45) is 0 Å². The number of rotatable bonds is 2. The molecule has 2 aromatic rings. The minimum absolute atomic E-state index is 0. The second kappa shape index (κ2) is 5.36. The first-order valence-electron chi connectivity index (χ1n) is 5.37. The summed E-state index contributed by atoms with van der Waals surface area (Å²) in [7, 11) is 0. The van der Waals surface area contributed by atoms with E-state index in [1.807, 2.05) is 12.1 Å². The summed E-state index contributed by atoms with van der Waals surface area (Å²) in [6, 6.07) is 6.09. The molecule has 0 aliphatic carbocycles. The molecule has 0 aliphatic heterocycles. The number of halogens is 2. The fourth-order valence-electron chi connectivity index (χ4n) is 2.23. The molecule has 1 aromatic carbocycles. The van der Waals surface area contributed by atoms with E-state index in [9.17, 15) is 0 Å². The lowest BCUT2D eigenvalue weighted by Gasteiger charge is -1.94. The van der Waals surface area contributed by atoms with Gasteiger partial charge in [0.05, 0.1) is 13.1 Å². The standard InChI is InChI=1S/C12H16ClN2.HI/c1-4-14-9(3)15(5-2)12-8-10(13)6-7-11(12)14;/h6-8H,4-5H2,1-3H3;1H/q+1;/p-1. The number of benzene rings is 1. The van der Waals surface area contributed by atoms with E-state index in [0.29, 0.717) is 0 Å². The SMILES string of the molecule is CCn1c(C)[n+](CC)c2ccc(Cl)cc21.[I-]. The maximum absolute atomic E-state index is 6.03. The molecule has 2 rings (SSSR count). The zero-order chi connectivity index (χ0) is 11.0. The molecule has 0 N–H and O–H groups in total. The van der Waals surface area contributed by atoms with Gasteiger partial charge in [0.25, 0.3) is 5.82 Å². The largest absolute Gasteiger partial charge is 1.00 e. The Morgan fingerprint density at radius 2 is 2.00 bits per heavy atom. The number of aromatic nitrogens is 2. The van der Waals surface area contributed by atoms with Crippen LogP contribution < -0.4 is 28.5 Å². The molecule has 0 bridgehead atoms. The number of aryl methyl sites for hydroxylation is 2. The van der Waals surface area contributed by atoms with Gasteiger partial charge in [-0.15, -0.1) is 0 Å². The van der Waals surface area contributed by atoms with Gasteiger partial charge in [-0.2, -0.15) is 0 Å². The van der Waals surface area contributed by atoms with E-state index in [1.54, 1.807) is 0 Å². The first-order chi connectivity index (χ1) is 7.19. The Labute approximate surface area is 118 Å². The average Bonchev–Trinajstić information content (AvgIpc) is 2.48. The van der Waals surface area contributed by atoms with Gasteiger partial charge in [-0.05, 0) is 26.0 Å². The van der Waals surface area contributed by atoms with Crippen LogP contribution in [-0.4, -0.2) is 4.57 Å². The summed E-state index contributed by atoms with van der Waals surface area (Å²) >= 11 is 6.03. The summed E-state index contributed by atoms with van der Waals surface area (Å²) in [5.74, 6) is 1.29. The molecule has 1 aromatic heterocycles. The zero-order valence-corrected chi connectivity index (χ0v) is 12.7. The fraction of sp³-hybridized carbons (Fsp3) is 0.417. The molecular formula is C12H16ClIN2. The van der Waals surface area contributed by atoms with Crippen molar-refractivity contribution in [2.45, 2.75) is 33.9 Å². The van der Waals surface area contributed by atoms with Crippen molar-refractivity contribution in [3.8, 4) is 0 Å². The van der Waals surface area contributed by atoms with E-state index in [-0.39, 0.29) is 24.0 Å². The Morgan fingerprint density at radius 3 is 2.56 bits per heavy atom. The highest BCUT2D eigenvalue weighted by molar-refractivity contribution is 6.31. The lowest BCUT2D eigenvalue weighted by atomic mass is 10.3. The highest BCUT2D eigenvalue weighted by Crippen LogP contribution is 2.19. The molecular weight excluding hydrogens is 335 g/mol. The van der Waals surface area contributed by atoms with Crippen LogP contribution in [0.4, 0.5) is 0 Å². The number of fused-ring (bicyclic) bond motifs is 1. The quantitative estimate of drug-likeness (QED) is 0.530.